The highest BCUT2D eigenvalue weighted by Gasteiger charge is 2.27. The van der Waals surface area contributed by atoms with Gasteiger partial charge in [0.05, 0.1) is 10.6 Å². The van der Waals surface area contributed by atoms with E-state index in [0.717, 1.165) is 21.7 Å². The van der Waals surface area contributed by atoms with E-state index in [1.807, 2.05) is 42.1 Å². The molecule has 1 atom stereocenters. The molecule has 0 radical (unpaired) electrons. The molecule has 0 amide bonds. The van der Waals surface area contributed by atoms with Crippen LogP contribution in [0, 0.1) is 27.7 Å². The molecule has 1 N–H and O–H groups in total. The molecule has 0 aliphatic carbocycles. The Morgan fingerprint density at radius 2 is 1.83 bits per heavy atom. The molecule has 2 aromatic heterocycles. The van der Waals surface area contributed by atoms with Crippen LogP contribution in [0.4, 0.5) is 0 Å². The van der Waals surface area contributed by atoms with E-state index in [9.17, 15) is 13.2 Å². The van der Waals surface area contributed by atoms with Gasteiger partial charge in [0.2, 0.25) is 10.0 Å². The van der Waals surface area contributed by atoms with Gasteiger partial charge in [-0.1, -0.05) is 6.07 Å². The molecular formula is C21H24N2O4S3. The van der Waals surface area contributed by atoms with Crippen LogP contribution in [0.3, 0.4) is 0 Å². The first-order chi connectivity index (χ1) is 14.1. The van der Waals surface area contributed by atoms with Gasteiger partial charge >= 0.3 is 5.97 Å². The molecule has 0 aliphatic heterocycles. The van der Waals surface area contributed by atoms with Crippen LogP contribution < -0.4 is 4.72 Å². The smallest absolute Gasteiger partial charge is 0.324 e. The lowest BCUT2D eigenvalue weighted by molar-refractivity contribution is -0.146. The van der Waals surface area contributed by atoms with Crippen molar-refractivity contribution in [2.75, 3.05) is 0 Å². The van der Waals surface area contributed by atoms with Gasteiger partial charge in [0.1, 0.15) is 17.7 Å². The van der Waals surface area contributed by atoms with Crippen molar-refractivity contribution < 1.29 is 17.9 Å². The zero-order valence-electron chi connectivity index (χ0n) is 17.5. The second kappa shape index (κ2) is 8.97. The van der Waals surface area contributed by atoms with Gasteiger partial charge in [-0.3, -0.25) is 4.79 Å². The van der Waals surface area contributed by atoms with Crippen LogP contribution in [0.5, 0.6) is 0 Å². The zero-order chi connectivity index (χ0) is 22.1. The monoisotopic (exact) mass is 464 g/mol. The maximum absolute atomic E-state index is 13.0. The second-order valence-corrected chi connectivity index (χ2v) is 10.5. The summed E-state index contributed by atoms with van der Waals surface area (Å²) in [7, 11) is -3.88. The van der Waals surface area contributed by atoms with Gasteiger partial charge < -0.3 is 4.74 Å². The molecule has 9 heteroatoms. The molecule has 30 heavy (non-hydrogen) atoms. The van der Waals surface area contributed by atoms with Gasteiger partial charge in [-0.25, -0.2) is 13.4 Å². The number of aryl methyl sites for hydroxylation is 2. The molecule has 0 bridgehead atoms. The molecule has 0 unspecified atom stereocenters. The minimum absolute atomic E-state index is 0.00680. The highest BCUT2D eigenvalue weighted by atomic mass is 32.2. The third-order valence-electron chi connectivity index (χ3n) is 4.93. The SMILES string of the molecule is Cc1cc(C)c(C)c(S(=O)(=O)N[C@H](C)C(=O)OCc2csc(-c3ccsc3)n2)c1C. The number of hydrogen-bond acceptors (Lipinski definition) is 7. The Bertz CT molecular complexity index is 1140. The van der Waals surface area contributed by atoms with Gasteiger partial charge in [-0.05, 0) is 68.3 Å². The fourth-order valence-corrected chi connectivity index (χ4v) is 6.41. The largest absolute Gasteiger partial charge is 0.458 e. The molecule has 6 nitrogen and oxygen atoms in total. The first-order valence-electron chi connectivity index (χ1n) is 9.33. The second-order valence-electron chi connectivity index (χ2n) is 7.20. The number of nitrogens with one attached hydrogen (secondary N) is 1. The van der Waals surface area contributed by atoms with Crippen LogP contribution in [-0.2, 0) is 26.2 Å². The lowest BCUT2D eigenvalue weighted by atomic mass is 10.0. The highest BCUT2D eigenvalue weighted by Crippen LogP contribution is 2.27. The number of esters is 1. The van der Waals surface area contributed by atoms with Crippen molar-refractivity contribution in [1.29, 1.82) is 0 Å². The standard InChI is InChI=1S/C21H24N2O4S3/c1-12-8-13(2)15(4)19(14(12)3)30(25,26)23-16(5)21(24)27-9-18-11-29-20(22-18)17-6-7-28-10-17/h6-8,10-11,16,23H,9H2,1-5H3/t16-/m1/s1. The van der Waals surface area contributed by atoms with Crippen LogP contribution in [0.1, 0.15) is 34.9 Å². The number of thiazole rings is 1. The number of thiophene rings is 1. The Morgan fingerprint density at radius 3 is 2.43 bits per heavy atom. The number of carbonyl (C=O) groups excluding carboxylic acids is 1. The fraction of sp³-hybridized carbons (Fsp3) is 0.333. The Labute approximate surface area is 185 Å². The van der Waals surface area contributed by atoms with Crippen molar-refractivity contribution in [3.8, 4) is 10.6 Å². The number of rotatable bonds is 7. The summed E-state index contributed by atoms with van der Waals surface area (Å²) in [6, 6.07) is 2.91. The van der Waals surface area contributed by atoms with Crippen LogP contribution in [-0.4, -0.2) is 25.4 Å². The molecule has 0 spiro atoms. The highest BCUT2D eigenvalue weighted by molar-refractivity contribution is 7.89. The number of hydrogen-bond donors (Lipinski definition) is 1. The predicted molar refractivity (Wildman–Crippen MR) is 120 cm³/mol. The van der Waals surface area contributed by atoms with Crippen molar-refractivity contribution in [2.24, 2.45) is 0 Å². The van der Waals surface area contributed by atoms with E-state index < -0.39 is 22.0 Å². The third-order valence-corrected chi connectivity index (χ3v) is 8.37. The van der Waals surface area contributed by atoms with Crippen molar-refractivity contribution >= 4 is 38.7 Å². The molecule has 3 aromatic rings. The topological polar surface area (TPSA) is 85.4 Å². The molecule has 0 saturated carbocycles. The Kier molecular flexibility index (Phi) is 6.76. The van der Waals surface area contributed by atoms with Gasteiger partial charge in [0.15, 0.2) is 0 Å². The number of sulfonamides is 1. The first kappa shape index (κ1) is 22.6. The van der Waals surface area contributed by atoms with E-state index >= 15 is 0 Å². The molecule has 2 heterocycles. The Hall–Kier alpha value is -2.07. The van der Waals surface area contributed by atoms with E-state index in [-0.39, 0.29) is 11.5 Å². The lowest BCUT2D eigenvalue weighted by Crippen LogP contribution is -2.40. The number of nitrogens with zero attached hydrogens (tertiary/aromatic N) is 1. The number of carbonyl (C=O) groups is 1. The van der Waals surface area contributed by atoms with E-state index in [1.165, 1.54) is 18.3 Å². The van der Waals surface area contributed by atoms with E-state index in [0.29, 0.717) is 16.8 Å². The normalized spacial score (nSPS) is 12.7. The van der Waals surface area contributed by atoms with Crippen LogP contribution in [0.15, 0.2) is 33.2 Å². The van der Waals surface area contributed by atoms with Gasteiger partial charge in [0.25, 0.3) is 0 Å². The molecule has 0 saturated heterocycles. The van der Waals surface area contributed by atoms with Crippen LogP contribution >= 0.6 is 22.7 Å². The maximum Gasteiger partial charge on any atom is 0.324 e. The molecule has 3 rings (SSSR count). The summed E-state index contributed by atoms with van der Waals surface area (Å²) >= 11 is 3.06. The van der Waals surface area contributed by atoms with Gasteiger partial charge in [-0.2, -0.15) is 16.1 Å². The van der Waals surface area contributed by atoms with E-state index in [2.05, 4.69) is 9.71 Å². The Balaban J connectivity index is 1.67. The summed E-state index contributed by atoms with van der Waals surface area (Å²) in [5, 5.41) is 6.67. The average Bonchev–Trinajstić information content (AvgIpc) is 3.35. The molecule has 0 aliphatic rings. The van der Waals surface area contributed by atoms with Crippen molar-refractivity contribution in [3.05, 3.63) is 56.2 Å². The molecule has 0 fully saturated rings. The van der Waals surface area contributed by atoms with Crippen molar-refractivity contribution in [1.82, 2.24) is 9.71 Å². The summed E-state index contributed by atoms with van der Waals surface area (Å²) in [6.07, 6.45) is 0. The molecular weight excluding hydrogens is 440 g/mol. The number of aromatic nitrogens is 1. The average molecular weight is 465 g/mol. The number of ether oxygens (including phenoxy) is 1. The fourth-order valence-electron chi connectivity index (χ4n) is 3.09. The summed E-state index contributed by atoms with van der Waals surface area (Å²) in [6.45, 7) is 8.75. The summed E-state index contributed by atoms with van der Waals surface area (Å²) < 4.78 is 33.7. The van der Waals surface area contributed by atoms with E-state index in [4.69, 9.17) is 4.74 Å². The van der Waals surface area contributed by atoms with Gasteiger partial charge in [-0.15, -0.1) is 11.3 Å². The van der Waals surface area contributed by atoms with Crippen LogP contribution in [0.25, 0.3) is 10.6 Å². The summed E-state index contributed by atoms with van der Waals surface area (Å²) in [5.74, 6) is -0.650. The lowest BCUT2D eigenvalue weighted by Gasteiger charge is -2.18. The minimum Gasteiger partial charge on any atom is -0.458 e. The molecule has 160 valence electrons. The Morgan fingerprint density at radius 1 is 1.17 bits per heavy atom. The predicted octanol–water partition coefficient (Wildman–Crippen LogP) is 4.52. The van der Waals surface area contributed by atoms with E-state index in [1.54, 1.807) is 25.2 Å². The number of benzene rings is 1. The summed E-state index contributed by atoms with van der Waals surface area (Å²) in [5.41, 5.74) is 4.79. The zero-order valence-corrected chi connectivity index (χ0v) is 19.9. The summed E-state index contributed by atoms with van der Waals surface area (Å²) in [4.78, 5) is 17.1. The third kappa shape index (κ3) is 4.80. The maximum atomic E-state index is 13.0. The molecule has 1 aromatic carbocycles. The van der Waals surface area contributed by atoms with Crippen molar-refractivity contribution in [3.63, 3.8) is 0 Å². The van der Waals surface area contributed by atoms with Crippen molar-refractivity contribution in [2.45, 2.75) is 52.2 Å². The minimum atomic E-state index is -3.88. The quantitative estimate of drug-likeness (QED) is 0.520. The van der Waals surface area contributed by atoms with Crippen LogP contribution in [0.2, 0.25) is 0 Å². The van der Waals surface area contributed by atoms with Gasteiger partial charge in [0, 0.05) is 16.3 Å². The first-order valence-corrected chi connectivity index (χ1v) is 12.6.